The number of likely N-dealkylation sites (tertiary alicyclic amines) is 1. The second-order valence-corrected chi connectivity index (χ2v) is 3.42. The molecule has 3 heteroatoms. The molecule has 1 unspecified atom stereocenters. The van der Waals surface area contributed by atoms with Crippen LogP contribution >= 0.6 is 0 Å². The summed E-state index contributed by atoms with van der Waals surface area (Å²) in [5.41, 5.74) is 1.36. The molecule has 1 aliphatic rings. The first kappa shape index (κ1) is 10.7. The topological polar surface area (TPSA) is 16.1 Å². The summed E-state index contributed by atoms with van der Waals surface area (Å²) < 4.78 is 0. The summed E-state index contributed by atoms with van der Waals surface area (Å²) in [4.78, 5) is 6.54. The van der Waals surface area contributed by atoms with Crippen LogP contribution in [0, 0.1) is 0 Å². The van der Waals surface area contributed by atoms with Crippen LogP contribution in [0.1, 0.15) is 24.4 Å². The monoisotopic (exact) mass is 225 g/mol. The molecule has 2 nitrogen and oxygen atoms in total. The number of aromatic nitrogens is 1. The van der Waals surface area contributed by atoms with Crippen molar-refractivity contribution in [1.29, 1.82) is 0 Å². The third-order valence-electron chi connectivity index (χ3n) is 2.59. The van der Waals surface area contributed by atoms with Crippen LogP contribution in [0.15, 0.2) is 24.5 Å². The Morgan fingerprint density at radius 1 is 1.54 bits per heavy atom. The van der Waals surface area contributed by atoms with Crippen LogP contribution in [0.5, 0.6) is 0 Å². The van der Waals surface area contributed by atoms with E-state index < -0.39 is 0 Å². The molecular weight excluding hydrogens is 212 g/mol. The van der Waals surface area contributed by atoms with Gasteiger partial charge in [-0.3, -0.25) is 9.88 Å². The zero-order valence-electron chi connectivity index (χ0n) is 7.70. The van der Waals surface area contributed by atoms with Crippen molar-refractivity contribution in [3.05, 3.63) is 30.1 Å². The molecule has 0 bridgehead atoms. The maximum absolute atomic E-state index is 4.14. The second-order valence-electron chi connectivity index (χ2n) is 3.42. The average Bonchev–Trinajstić information content (AvgIpc) is 2.53. The third kappa shape index (κ3) is 2.31. The van der Waals surface area contributed by atoms with Crippen molar-refractivity contribution < 1.29 is 17.1 Å². The number of nitrogens with zero attached hydrogens (tertiary/aromatic N) is 2. The zero-order chi connectivity index (χ0) is 8.39. The standard InChI is InChI=1S/C10H14N2.Cu/c1-12-7-3-5-10(12)9-4-2-6-11-8-9;/h2,4,6,8,10H,3,5,7H2,1H3;. The van der Waals surface area contributed by atoms with Gasteiger partial charge in [0.2, 0.25) is 0 Å². The van der Waals surface area contributed by atoms with E-state index in [0.29, 0.717) is 6.04 Å². The summed E-state index contributed by atoms with van der Waals surface area (Å²) in [6.45, 7) is 1.22. The van der Waals surface area contributed by atoms with E-state index in [-0.39, 0.29) is 17.1 Å². The molecule has 0 saturated carbocycles. The van der Waals surface area contributed by atoms with Crippen molar-refractivity contribution >= 4 is 0 Å². The maximum Gasteiger partial charge on any atom is 0.0360 e. The Kier molecular flexibility index (Phi) is 3.91. The normalized spacial score (nSPS) is 22.7. The minimum atomic E-state index is 0. The third-order valence-corrected chi connectivity index (χ3v) is 2.59. The molecule has 0 amide bonds. The summed E-state index contributed by atoms with van der Waals surface area (Å²) in [7, 11) is 2.19. The molecular formula is C10H14CuN2. The molecule has 2 heterocycles. The van der Waals surface area contributed by atoms with E-state index in [1.165, 1.54) is 24.9 Å². The van der Waals surface area contributed by atoms with Gasteiger partial charge in [-0.2, -0.15) is 0 Å². The van der Waals surface area contributed by atoms with Crippen LogP contribution in [-0.4, -0.2) is 23.5 Å². The molecule has 2 rings (SSSR count). The molecule has 1 aromatic heterocycles. The smallest absolute Gasteiger partial charge is 0.0360 e. The van der Waals surface area contributed by atoms with E-state index in [1.807, 2.05) is 18.5 Å². The summed E-state index contributed by atoms with van der Waals surface area (Å²) in [6.07, 6.45) is 6.41. The van der Waals surface area contributed by atoms with Crippen LogP contribution in [0.2, 0.25) is 0 Å². The van der Waals surface area contributed by atoms with Gasteiger partial charge in [-0.15, -0.1) is 0 Å². The van der Waals surface area contributed by atoms with Gasteiger partial charge in [0.25, 0.3) is 0 Å². The Bertz CT molecular complexity index is 250. The zero-order valence-corrected chi connectivity index (χ0v) is 8.65. The fourth-order valence-corrected chi connectivity index (χ4v) is 1.90. The van der Waals surface area contributed by atoms with Gasteiger partial charge in [0.1, 0.15) is 0 Å². The van der Waals surface area contributed by atoms with E-state index in [1.54, 1.807) is 0 Å². The van der Waals surface area contributed by atoms with Crippen LogP contribution in [-0.2, 0) is 17.1 Å². The first-order chi connectivity index (χ1) is 5.88. The van der Waals surface area contributed by atoms with E-state index in [0.717, 1.165) is 0 Å². The van der Waals surface area contributed by atoms with Gasteiger partial charge in [-0.05, 0) is 38.1 Å². The molecule has 1 aliphatic heterocycles. The van der Waals surface area contributed by atoms with Gasteiger partial charge >= 0.3 is 0 Å². The van der Waals surface area contributed by atoms with Crippen LogP contribution in [0.4, 0.5) is 0 Å². The Morgan fingerprint density at radius 2 is 2.38 bits per heavy atom. The van der Waals surface area contributed by atoms with Crippen molar-refractivity contribution in [3.63, 3.8) is 0 Å². The predicted octanol–water partition coefficient (Wildman–Crippen LogP) is 1.85. The first-order valence-electron chi connectivity index (χ1n) is 4.48. The molecule has 75 valence electrons. The molecule has 0 N–H and O–H groups in total. The summed E-state index contributed by atoms with van der Waals surface area (Å²) >= 11 is 0. The van der Waals surface area contributed by atoms with Gasteiger partial charge in [-0.1, -0.05) is 6.07 Å². The van der Waals surface area contributed by atoms with Gasteiger partial charge in [0, 0.05) is 35.5 Å². The molecule has 13 heavy (non-hydrogen) atoms. The molecule has 1 saturated heterocycles. The molecule has 1 radical (unpaired) electrons. The fourth-order valence-electron chi connectivity index (χ4n) is 1.90. The predicted molar refractivity (Wildman–Crippen MR) is 48.8 cm³/mol. The van der Waals surface area contributed by atoms with Gasteiger partial charge in [0.05, 0.1) is 0 Å². The van der Waals surface area contributed by atoms with E-state index in [2.05, 4.69) is 23.0 Å². The van der Waals surface area contributed by atoms with Gasteiger partial charge in [-0.25, -0.2) is 0 Å². The molecule has 1 atom stereocenters. The maximum atomic E-state index is 4.14. The molecule has 0 aliphatic carbocycles. The summed E-state index contributed by atoms with van der Waals surface area (Å²) in [5.74, 6) is 0. The average molecular weight is 226 g/mol. The fraction of sp³-hybridized carbons (Fsp3) is 0.500. The Labute approximate surface area is 89.8 Å². The van der Waals surface area contributed by atoms with Crippen molar-refractivity contribution in [1.82, 2.24) is 9.88 Å². The van der Waals surface area contributed by atoms with Crippen LogP contribution in [0.3, 0.4) is 0 Å². The largest absolute Gasteiger partial charge is 0.299 e. The Hall–Kier alpha value is -0.371. The van der Waals surface area contributed by atoms with Crippen LogP contribution in [0.25, 0.3) is 0 Å². The van der Waals surface area contributed by atoms with E-state index in [4.69, 9.17) is 0 Å². The Morgan fingerprint density at radius 3 is 2.92 bits per heavy atom. The second kappa shape index (κ2) is 4.75. The van der Waals surface area contributed by atoms with Gasteiger partial charge < -0.3 is 0 Å². The minimum absolute atomic E-state index is 0. The molecule has 1 aromatic rings. The van der Waals surface area contributed by atoms with E-state index >= 15 is 0 Å². The van der Waals surface area contributed by atoms with Gasteiger partial charge in [0.15, 0.2) is 0 Å². The SMILES string of the molecule is CN1CCCC1c1cccnc1.[Cu]. The quantitative estimate of drug-likeness (QED) is 0.679. The number of hydrogen-bond acceptors (Lipinski definition) is 2. The molecule has 0 aromatic carbocycles. The molecule has 0 spiro atoms. The van der Waals surface area contributed by atoms with Crippen LogP contribution < -0.4 is 0 Å². The van der Waals surface area contributed by atoms with Crippen molar-refractivity contribution in [2.75, 3.05) is 13.6 Å². The van der Waals surface area contributed by atoms with Crippen molar-refractivity contribution in [3.8, 4) is 0 Å². The summed E-state index contributed by atoms with van der Waals surface area (Å²) in [5, 5.41) is 0. The first-order valence-corrected chi connectivity index (χ1v) is 4.48. The van der Waals surface area contributed by atoms with E-state index in [9.17, 15) is 0 Å². The number of rotatable bonds is 1. The minimum Gasteiger partial charge on any atom is -0.299 e. The summed E-state index contributed by atoms with van der Waals surface area (Å²) in [6, 6.07) is 4.79. The number of pyridine rings is 1. The molecule has 1 fully saturated rings. The Balaban J connectivity index is 0.000000845. The van der Waals surface area contributed by atoms with Crippen molar-refractivity contribution in [2.24, 2.45) is 0 Å². The number of hydrogen-bond donors (Lipinski definition) is 0. The van der Waals surface area contributed by atoms with Crippen molar-refractivity contribution in [2.45, 2.75) is 18.9 Å².